The highest BCUT2D eigenvalue weighted by Crippen LogP contribution is 2.33. The van der Waals surface area contributed by atoms with Crippen molar-refractivity contribution in [2.24, 2.45) is 0 Å². The second-order valence-electron chi connectivity index (χ2n) is 10.7. The molecular weight excluding hydrogens is 393 g/mol. The summed E-state index contributed by atoms with van der Waals surface area (Å²) >= 11 is 5.98. The monoisotopic (exact) mass is 433 g/mol. The highest BCUT2D eigenvalue weighted by Gasteiger charge is 2.41. The van der Waals surface area contributed by atoms with Crippen LogP contribution in [-0.2, 0) is 6.54 Å². The Morgan fingerprint density at radius 3 is 2.20 bits per heavy atom. The smallest absolute Gasteiger partial charge is 0.169 e. The maximum absolute atomic E-state index is 14.5. The summed E-state index contributed by atoms with van der Waals surface area (Å²) < 4.78 is 14.5. The first-order valence-corrected chi connectivity index (χ1v) is 12.2. The Balaban J connectivity index is 1.81. The molecule has 2 N–H and O–H groups in total. The highest BCUT2D eigenvalue weighted by molar-refractivity contribution is 7.80. The summed E-state index contributed by atoms with van der Waals surface area (Å²) in [5.74, 6) is -0.149. The predicted octanol–water partition coefficient (Wildman–Crippen LogP) is 5.92. The van der Waals surface area contributed by atoms with Crippen LogP contribution in [0.1, 0.15) is 91.0 Å². The SMILES string of the molecule is CC1(C)CC(N(Cc2ccccc2F)C(=S)NC2CCCCCCC2)CC(C)(C)N1. The number of nitrogens with zero attached hydrogens (tertiary/aromatic N) is 1. The van der Waals surface area contributed by atoms with Crippen LogP contribution >= 0.6 is 12.2 Å². The van der Waals surface area contributed by atoms with Crippen molar-refractivity contribution >= 4 is 17.3 Å². The van der Waals surface area contributed by atoms with Gasteiger partial charge in [0, 0.05) is 35.3 Å². The number of benzene rings is 1. The maximum atomic E-state index is 14.5. The lowest BCUT2D eigenvalue weighted by Gasteiger charge is -2.50. The normalized spacial score (nSPS) is 22.7. The number of rotatable bonds is 4. The third kappa shape index (κ3) is 6.65. The van der Waals surface area contributed by atoms with Gasteiger partial charge >= 0.3 is 0 Å². The van der Waals surface area contributed by atoms with Crippen LogP contribution in [0.4, 0.5) is 4.39 Å². The number of piperidine rings is 1. The molecule has 3 nitrogen and oxygen atoms in total. The van der Waals surface area contributed by atoms with Gasteiger partial charge in [-0.25, -0.2) is 4.39 Å². The molecule has 3 rings (SSSR count). The molecule has 0 atom stereocenters. The Hall–Kier alpha value is -1.20. The van der Waals surface area contributed by atoms with Gasteiger partial charge in [-0.2, -0.15) is 0 Å². The molecule has 0 aromatic heterocycles. The van der Waals surface area contributed by atoms with E-state index in [1.54, 1.807) is 12.1 Å². The maximum Gasteiger partial charge on any atom is 0.169 e. The van der Waals surface area contributed by atoms with Crippen LogP contribution in [0.25, 0.3) is 0 Å². The highest BCUT2D eigenvalue weighted by atomic mass is 32.1. The summed E-state index contributed by atoms with van der Waals surface area (Å²) in [5, 5.41) is 8.25. The molecule has 1 aliphatic heterocycles. The first-order chi connectivity index (χ1) is 14.2. The third-order valence-electron chi connectivity index (χ3n) is 6.60. The minimum absolute atomic E-state index is 0.00967. The summed E-state index contributed by atoms with van der Waals surface area (Å²) in [6.45, 7) is 9.55. The summed E-state index contributed by atoms with van der Waals surface area (Å²) in [5.41, 5.74) is 0.736. The summed E-state index contributed by atoms with van der Waals surface area (Å²) in [6, 6.07) is 7.81. The summed E-state index contributed by atoms with van der Waals surface area (Å²) in [6.07, 6.45) is 10.8. The molecule has 1 heterocycles. The van der Waals surface area contributed by atoms with E-state index in [0.29, 0.717) is 18.2 Å². The van der Waals surface area contributed by atoms with E-state index >= 15 is 0 Å². The molecule has 0 unspecified atom stereocenters. The quantitative estimate of drug-likeness (QED) is 0.576. The van der Waals surface area contributed by atoms with Crippen LogP contribution in [0.2, 0.25) is 0 Å². The van der Waals surface area contributed by atoms with E-state index in [4.69, 9.17) is 12.2 Å². The molecule has 0 amide bonds. The van der Waals surface area contributed by atoms with Crippen LogP contribution in [0.5, 0.6) is 0 Å². The van der Waals surface area contributed by atoms with Gasteiger partial charge in [-0.15, -0.1) is 0 Å². The van der Waals surface area contributed by atoms with Gasteiger partial charge < -0.3 is 15.5 Å². The van der Waals surface area contributed by atoms with Gasteiger partial charge in [-0.3, -0.25) is 0 Å². The van der Waals surface area contributed by atoms with Gasteiger partial charge in [0.25, 0.3) is 0 Å². The lowest BCUT2D eigenvalue weighted by Crippen LogP contribution is -2.63. The van der Waals surface area contributed by atoms with Gasteiger partial charge in [0.1, 0.15) is 5.82 Å². The number of thiocarbonyl (C=S) groups is 1. The van der Waals surface area contributed by atoms with Crippen molar-refractivity contribution in [3.05, 3.63) is 35.6 Å². The van der Waals surface area contributed by atoms with E-state index in [-0.39, 0.29) is 22.9 Å². The van der Waals surface area contributed by atoms with Gasteiger partial charge in [-0.05, 0) is 71.7 Å². The molecule has 1 aromatic rings. The van der Waals surface area contributed by atoms with Crippen molar-refractivity contribution in [3.63, 3.8) is 0 Å². The second-order valence-corrected chi connectivity index (χ2v) is 11.1. The number of halogens is 1. The molecule has 0 spiro atoms. The average molecular weight is 434 g/mol. The van der Waals surface area contributed by atoms with Gasteiger partial charge in [0.15, 0.2) is 5.11 Å². The first kappa shape index (κ1) is 23.5. The standard InChI is InChI=1S/C25H40FN3S/c1-24(2)16-21(17-25(3,4)28-24)29(18-19-12-10-11-15-22(19)26)23(30)27-20-13-8-6-5-7-9-14-20/h10-12,15,20-21,28H,5-9,13-14,16-18H2,1-4H3,(H,27,30). The largest absolute Gasteiger partial charge is 0.360 e. The average Bonchev–Trinajstić information content (AvgIpc) is 2.60. The fourth-order valence-corrected chi connectivity index (χ4v) is 5.90. The minimum Gasteiger partial charge on any atom is -0.360 e. The zero-order valence-electron chi connectivity index (χ0n) is 19.3. The fraction of sp³-hybridized carbons (Fsp3) is 0.720. The van der Waals surface area contributed by atoms with Crippen LogP contribution in [0.3, 0.4) is 0 Å². The minimum atomic E-state index is -0.149. The van der Waals surface area contributed by atoms with Crippen LogP contribution < -0.4 is 10.6 Å². The molecule has 0 radical (unpaired) electrons. The van der Waals surface area contributed by atoms with E-state index in [1.165, 1.54) is 44.9 Å². The predicted molar refractivity (Wildman–Crippen MR) is 128 cm³/mol. The molecule has 5 heteroatoms. The Labute approximate surface area is 188 Å². The van der Waals surface area contributed by atoms with Crippen molar-refractivity contribution in [2.45, 2.75) is 115 Å². The Morgan fingerprint density at radius 2 is 1.60 bits per heavy atom. The number of nitrogens with one attached hydrogen (secondary N) is 2. The van der Waals surface area contributed by atoms with Crippen molar-refractivity contribution < 1.29 is 4.39 Å². The molecule has 0 bridgehead atoms. The zero-order chi connectivity index (χ0) is 21.8. The van der Waals surface area contributed by atoms with Crippen LogP contribution in [-0.4, -0.2) is 33.2 Å². The van der Waals surface area contributed by atoms with E-state index in [1.807, 2.05) is 12.1 Å². The molecule has 1 aromatic carbocycles. The van der Waals surface area contributed by atoms with Gasteiger partial charge in [-0.1, -0.05) is 50.3 Å². The van der Waals surface area contributed by atoms with E-state index in [9.17, 15) is 4.39 Å². The van der Waals surface area contributed by atoms with Gasteiger partial charge in [0.2, 0.25) is 0 Å². The van der Waals surface area contributed by atoms with Gasteiger partial charge in [0.05, 0.1) is 0 Å². The lowest BCUT2D eigenvalue weighted by molar-refractivity contribution is 0.0985. The fourth-order valence-electron chi connectivity index (χ4n) is 5.52. The van der Waals surface area contributed by atoms with E-state index in [2.05, 4.69) is 43.2 Å². The molecule has 30 heavy (non-hydrogen) atoms. The van der Waals surface area contributed by atoms with Crippen molar-refractivity contribution in [3.8, 4) is 0 Å². The molecule has 1 aliphatic carbocycles. The van der Waals surface area contributed by atoms with E-state index in [0.717, 1.165) is 18.0 Å². The first-order valence-electron chi connectivity index (χ1n) is 11.8. The molecule has 1 saturated carbocycles. The molecule has 2 fully saturated rings. The van der Waals surface area contributed by atoms with E-state index < -0.39 is 0 Å². The van der Waals surface area contributed by atoms with Crippen LogP contribution in [0.15, 0.2) is 24.3 Å². The van der Waals surface area contributed by atoms with Crippen molar-refractivity contribution in [2.75, 3.05) is 0 Å². The molecule has 168 valence electrons. The molecular formula is C25H40FN3S. The topological polar surface area (TPSA) is 27.3 Å². The summed E-state index contributed by atoms with van der Waals surface area (Å²) in [4.78, 5) is 2.27. The molecule has 2 aliphatic rings. The Bertz CT molecular complexity index is 694. The van der Waals surface area contributed by atoms with Crippen molar-refractivity contribution in [1.29, 1.82) is 0 Å². The number of hydrogen-bond acceptors (Lipinski definition) is 2. The Kier molecular flexibility index (Phi) is 7.78. The molecule has 1 saturated heterocycles. The number of hydrogen-bond donors (Lipinski definition) is 2. The zero-order valence-corrected chi connectivity index (χ0v) is 20.1. The second kappa shape index (κ2) is 9.95. The van der Waals surface area contributed by atoms with Crippen molar-refractivity contribution in [1.82, 2.24) is 15.5 Å². The van der Waals surface area contributed by atoms with Crippen LogP contribution in [0, 0.1) is 5.82 Å². The lowest BCUT2D eigenvalue weighted by atomic mass is 9.79. The summed E-state index contributed by atoms with van der Waals surface area (Å²) in [7, 11) is 0. The third-order valence-corrected chi connectivity index (χ3v) is 6.95. The Morgan fingerprint density at radius 1 is 1.03 bits per heavy atom.